The summed E-state index contributed by atoms with van der Waals surface area (Å²) >= 11 is 0. The van der Waals surface area contributed by atoms with Crippen molar-refractivity contribution in [3.63, 3.8) is 0 Å². The largest absolute Gasteiger partial charge is 0.340 e. The lowest BCUT2D eigenvalue weighted by Gasteiger charge is -2.34. The number of carbonyl (C=O) groups is 2. The number of nitrogens with one attached hydrogen (secondary N) is 1. The Hall–Kier alpha value is -2.70. The van der Waals surface area contributed by atoms with Gasteiger partial charge in [-0.1, -0.05) is 42.5 Å². The van der Waals surface area contributed by atoms with Crippen LogP contribution in [0.1, 0.15) is 16.7 Å². The molecule has 1 saturated heterocycles. The van der Waals surface area contributed by atoms with Crippen LogP contribution in [0.4, 0.5) is 5.69 Å². The standard InChI is InChI=1S/C24H32N4O2/c1-19-8-7-11-22(20(19)2)25-23(29)17-27-12-14-28(15-13-27)18-24(30)26(3)16-21-9-5-4-6-10-21/h4-11H,12-18H2,1-3H3,(H,25,29). The van der Waals surface area contributed by atoms with Gasteiger partial charge in [0.25, 0.3) is 0 Å². The third-order valence-electron chi connectivity index (χ3n) is 5.76. The lowest BCUT2D eigenvalue weighted by atomic mass is 10.1. The second kappa shape index (κ2) is 10.4. The highest BCUT2D eigenvalue weighted by atomic mass is 16.2. The third-order valence-corrected chi connectivity index (χ3v) is 5.76. The van der Waals surface area contributed by atoms with Crippen molar-refractivity contribution in [2.75, 3.05) is 51.6 Å². The molecule has 0 radical (unpaired) electrons. The van der Waals surface area contributed by atoms with Crippen LogP contribution in [0.15, 0.2) is 48.5 Å². The minimum Gasteiger partial charge on any atom is -0.340 e. The van der Waals surface area contributed by atoms with Crippen LogP contribution in [0.3, 0.4) is 0 Å². The van der Waals surface area contributed by atoms with Crippen molar-refractivity contribution in [2.45, 2.75) is 20.4 Å². The number of hydrogen-bond donors (Lipinski definition) is 1. The van der Waals surface area contributed by atoms with Crippen molar-refractivity contribution >= 4 is 17.5 Å². The van der Waals surface area contributed by atoms with Gasteiger partial charge in [-0.2, -0.15) is 0 Å². The third kappa shape index (κ3) is 6.15. The van der Waals surface area contributed by atoms with Gasteiger partial charge in [-0.25, -0.2) is 0 Å². The van der Waals surface area contributed by atoms with Gasteiger partial charge >= 0.3 is 0 Å². The zero-order chi connectivity index (χ0) is 21.5. The molecule has 0 atom stereocenters. The first-order valence-corrected chi connectivity index (χ1v) is 10.5. The highest BCUT2D eigenvalue weighted by molar-refractivity contribution is 5.93. The normalized spacial score (nSPS) is 15.0. The van der Waals surface area contributed by atoms with E-state index in [0.717, 1.165) is 43.0 Å². The monoisotopic (exact) mass is 408 g/mol. The van der Waals surface area contributed by atoms with Crippen LogP contribution in [0, 0.1) is 13.8 Å². The molecule has 0 unspecified atom stereocenters. The van der Waals surface area contributed by atoms with Crippen LogP contribution in [0.2, 0.25) is 0 Å². The number of rotatable bonds is 7. The molecule has 1 aliphatic heterocycles. The maximum atomic E-state index is 12.5. The molecule has 30 heavy (non-hydrogen) atoms. The average Bonchev–Trinajstić information content (AvgIpc) is 2.73. The summed E-state index contributed by atoms with van der Waals surface area (Å²) in [6.45, 7) is 8.65. The predicted octanol–water partition coefficient (Wildman–Crippen LogP) is 2.52. The molecular weight excluding hydrogens is 376 g/mol. The van der Waals surface area contributed by atoms with Crippen molar-refractivity contribution in [1.29, 1.82) is 0 Å². The minimum absolute atomic E-state index is 0.0100. The molecule has 1 heterocycles. The fourth-order valence-electron chi connectivity index (χ4n) is 3.64. The Morgan fingerprint density at radius 2 is 1.53 bits per heavy atom. The lowest BCUT2D eigenvalue weighted by Crippen LogP contribution is -2.51. The van der Waals surface area contributed by atoms with Crippen LogP contribution in [-0.2, 0) is 16.1 Å². The first kappa shape index (κ1) is 22.0. The molecule has 160 valence electrons. The van der Waals surface area contributed by atoms with Gasteiger partial charge in [0.2, 0.25) is 11.8 Å². The molecule has 2 aromatic rings. The highest BCUT2D eigenvalue weighted by Gasteiger charge is 2.22. The SMILES string of the molecule is Cc1cccc(NC(=O)CN2CCN(CC(=O)N(C)Cc3ccccc3)CC2)c1C. The van der Waals surface area contributed by atoms with E-state index in [0.29, 0.717) is 19.6 Å². The number of hydrogen-bond acceptors (Lipinski definition) is 4. The molecule has 0 aliphatic carbocycles. The van der Waals surface area contributed by atoms with E-state index in [1.807, 2.05) is 69.4 Å². The summed E-state index contributed by atoms with van der Waals surface area (Å²) in [5.41, 5.74) is 4.29. The molecule has 0 bridgehead atoms. The van der Waals surface area contributed by atoms with Crippen molar-refractivity contribution < 1.29 is 9.59 Å². The fourth-order valence-corrected chi connectivity index (χ4v) is 3.64. The lowest BCUT2D eigenvalue weighted by molar-refractivity contribution is -0.132. The fraction of sp³-hybridized carbons (Fsp3) is 0.417. The first-order valence-electron chi connectivity index (χ1n) is 10.5. The van der Waals surface area contributed by atoms with E-state index in [-0.39, 0.29) is 11.8 Å². The van der Waals surface area contributed by atoms with E-state index in [2.05, 4.69) is 15.1 Å². The van der Waals surface area contributed by atoms with Gasteiger partial charge in [-0.15, -0.1) is 0 Å². The van der Waals surface area contributed by atoms with Crippen LogP contribution in [0.25, 0.3) is 0 Å². The second-order valence-corrected chi connectivity index (χ2v) is 8.08. The van der Waals surface area contributed by atoms with Crippen molar-refractivity contribution in [2.24, 2.45) is 0 Å². The van der Waals surface area contributed by atoms with E-state index >= 15 is 0 Å². The molecule has 6 nitrogen and oxygen atoms in total. The number of benzene rings is 2. The quantitative estimate of drug-likeness (QED) is 0.765. The van der Waals surface area contributed by atoms with Gasteiger partial charge in [-0.3, -0.25) is 19.4 Å². The number of nitrogens with zero attached hydrogens (tertiary/aromatic N) is 3. The zero-order valence-electron chi connectivity index (χ0n) is 18.2. The van der Waals surface area contributed by atoms with Gasteiger partial charge < -0.3 is 10.2 Å². The van der Waals surface area contributed by atoms with Gasteiger partial charge in [-0.05, 0) is 36.6 Å². The Bertz CT molecular complexity index is 861. The Kier molecular flexibility index (Phi) is 7.60. The molecule has 1 N–H and O–H groups in total. The summed E-state index contributed by atoms with van der Waals surface area (Å²) in [5.74, 6) is 0.135. The molecule has 0 aromatic heterocycles. The van der Waals surface area contributed by atoms with Gasteiger partial charge in [0.1, 0.15) is 0 Å². The summed E-state index contributed by atoms with van der Waals surface area (Å²) in [6.07, 6.45) is 0. The minimum atomic E-state index is 0.0100. The van der Waals surface area contributed by atoms with Crippen LogP contribution in [0.5, 0.6) is 0 Å². The molecule has 0 spiro atoms. The maximum Gasteiger partial charge on any atom is 0.238 e. The number of amides is 2. The highest BCUT2D eigenvalue weighted by Crippen LogP contribution is 2.18. The zero-order valence-corrected chi connectivity index (χ0v) is 18.2. The number of piperazine rings is 1. The Balaban J connectivity index is 1.40. The molecule has 6 heteroatoms. The smallest absolute Gasteiger partial charge is 0.238 e. The Morgan fingerprint density at radius 1 is 0.900 bits per heavy atom. The van der Waals surface area contributed by atoms with Crippen LogP contribution >= 0.6 is 0 Å². The Morgan fingerprint density at radius 3 is 2.20 bits per heavy atom. The van der Waals surface area contributed by atoms with Crippen LogP contribution < -0.4 is 5.32 Å². The topological polar surface area (TPSA) is 55.9 Å². The van der Waals surface area contributed by atoms with E-state index in [1.54, 1.807) is 4.90 Å². The summed E-state index contributed by atoms with van der Waals surface area (Å²) < 4.78 is 0. The molecular formula is C24H32N4O2. The van der Waals surface area contributed by atoms with Crippen molar-refractivity contribution in [1.82, 2.24) is 14.7 Å². The van der Waals surface area contributed by atoms with Crippen molar-refractivity contribution in [3.8, 4) is 0 Å². The Labute approximate surface area is 179 Å². The predicted molar refractivity (Wildman–Crippen MR) is 120 cm³/mol. The summed E-state index contributed by atoms with van der Waals surface area (Å²) in [6, 6.07) is 16.0. The molecule has 1 aliphatic rings. The second-order valence-electron chi connectivity index (χ2n) is 8.08. The number of aryl methyl sites for hydroxylation is 1. The van der Waals surface area contributed by atoms with Gasteiger partial charge in [0.05, 0.1) is 13.1 Å². The number of anilines is 1. The molecule has 2 aromatic carbocycles. The van der Waals surface area contributed by atoms with E-state index in [1.165, 1.54) is 5.56 Å². The summed E-state index contributed by atoms with van der Waals surface area (Å²) in [7, 11) is 1.85. The van der Waals surface area contributed by atoms with Gasteiger partial charge in [0, 0.05) is 45.5 Å². The molecule has 0 saturated carbocycles. The van der Waals surface area contributed by atoms with E-state index in [4.69, 9.17) is 0 Å². The summed E-state index contributed by atoms with van der Waals surface area (Å²) in [5, 5.41) is 3.02. The number of likely N-dealkylation sites (N-methyl/N-ethyl adjacent to an activating group) is 1. The van der Waals surface area contributed by atoms with Crippen LogP contribution in [-0.4, -0.2) is 72.8 Å². The van der Waals surface area contributed by atoms with E-state index < -0.39 is 0 Å². The average molecular weight is 409 g/mol. The van der Waals surface area contributed by atoms with Gasteiger partial charge in [0.15, 0.2) is 0 Å². The van der Waals surface area contributed by atoms with Crippen molar-refractivity contribution in [3.05, 3.63) is 65.2 Å². The van der Waals surface area contributed by atoms with E-state index in [9.17, 15) is 9.59 Å². The maximum absolute atomic E-state index is 12.5. The molecule has 2 amide bonds. The molecule has 3 rings (SSSR count). The molecule has 1 fully saturated rings. The summed E-state index contributed by atoms with van der Waals surface area (Å²) in [4.78, 5) is 31.1. The first-order chi connectivity index (χ1) is 14.4. The number of carbonyl (C=O) groups excluding carboxylic acids is 2.